The fourth-order valence-electron chi connectivity index (χ4n) is 3.29. The smallest absolute Gasteiger partial charge is 0.0492 e. The van der Waals surface area contributed by atoms with Crippen molar-refractivity contribution in [1.82, 2.24) is 20.0 Å². The number of aryl methyl sites for hydroxylation is 1. The fourth-order valence-corrected chi connectivity index (χ4v) is 3.29. The summed E-state index contributed by atoms with van der Waals surface area (Å²) in [6.07, 6.45) is 5.86. The van der Waals surface area contributed by atoms with Gasteiger partial charge in [-0.2, -0.15) is 5.10 Å². The Labute approximate surface area is 116 Å². The zero-order valence-corrected chi connectivity index (χ0v) is 12.4. The molecule has 19 heavy (non-hydrogen) atoms. The van der Waals surface area contributed by atoms with Gasteiger partial charge in [-0.3, -0.25) is 9.58 Å². The highest BCUT2D eigenvalue weighted by atomic mass is 15.3. The monoisotopic (exact) mass is 262 g/mol. The van der Waals surface area contributed by atoms with Crippen molar-refractivity contribution in [3.05, 3.63) is 18.0 Å². The van der Waals surface area contributed by atoms with E-state index in [1.165, 1.54) is 18.5 Å². The van der Waals surface area contributed by atoms with Crippen LogP contribution in [-0.2, 0) is 13.5 Å². The second kappa shape index (κ2) is 4.91. The molecule has 1 unspecified atom stereocenters. The topological polar surface area (TPSA) is 33.1 Å². The van der Waals surface area contributed by atoms with Crippen LogP contribution in [0, 0.1) is 5.92 Å². The largest absolute Gasteiger partial charge is 0.309 e. The van der Waals surface area contributed by atoms with Gasteiger partial charge in [-0.15, -0.1) is 0 Å². The minimum Gasteiger partial charge on any atom is -0.309 e. The molecule has 1 aromatic rings. The average molecular weight is 262 g/mol. The number of nitrogens with one attached hydrogen (secondary N) is 1. The van der Waals surface area contributed by atoms with E-state index in [0.717, 1.165) is 38.0 Å². The lowest BCUT2D eigenvalue weighted by molar-refractivity contribution is 0.0835. The van der Waals surface area contributed by atoms with E-state index in [1.54, 1.807) is 0 Å². The van der Waals surface area contributed by atoms with Gasteiger partial charge in [-0.05, 0) is 38.7 Å². The molecule has 0 bridgehead atoms. The summed E-state index contributed by atoms with van der Waals surface area (Å²) in [7, 11) is 2.04. The first kappa shape index (κ1) is 13.1. The van der Waals surface area contributed by atoms with Gasteiger partial charge in [0, 0.05) is 56.6 Å². The Bertz CT molecular complexity index is 433. The second-order valence-corrected chi connectivity index (χ2v) is 6.84. The molecular weight excluding hydrogens is 236 g/mol. The highest BCUT2D eigenvalue weighted by Crippen LogP contribution is 2.37. The third-order valence-corrected chi connectivity index (χ3v) is 4.60. The summed E-state index contributed by atoms with van der Waals surface area (Å²) in [4.78, 5) is 2.71. The van der Waals surface area contributed by atoms with Gasteiger partial charge in [-0.25, -0.2) is 0 Å². The molecule has 4 heteroatoms. The average Bonchev–Trinajstić information content (AvgIpc) is 3.09. The van der Waals surface area contributed by atoms with Gasteiger partial charge in [0.25, 0.3) is 0 Å². The lowest BCUT2D eigenvalue weighted by atomic mass is 9.96. The normalized spacial score (nSPS) is 27.6. The van der Waals surface area contributed by atoms with Gasteiger partial charge < -0.3 is 5.32 Å². The molecule has 1 saturated heterocycles. The lowest BCUT2D eigenvalue weighted by Crippen LogP contribution is -2.62. The zero-order chi connectivity index (χ0) is 13.5. The van der Waals surface area contributed by atoms with Crippen molar-refractivity contribution >= 4 is 0 Å². The van der Waals surface area contributed by atoms with E-state index in [1.807, 2.05) is 17.9 Å². The maximum atomic E-state index is 4.26. The molecule has 2 fully saturated rings. The quantitative estimate of drug-likeness (QED) is 0.891. The maximum Gasteiger partial charge on any atom is 0.0492 e. The molecule has 1 saturated carbocycles. The Morgan fingerprint density at radius 2 is 2.21 bits per heavy atom. The molecule has 1 aliphatic heterocycles. The van der Waals surface area contributed by atoms with Crippen molar-refractivity contribution in [1.29, 1.82) is 0 Å². The van der Waals surface area contributed by atoms with Crippen LogP contribution in [0.15, 0.2) is 12.3 Å². The predicted molar refractivity (Wildman–Crippen MR) is 77.1 cm³/mol. The predicted octanol–water partition coefficient (Wildman–Crippen LogP) is 1.42. The SMILES string of the molecule is Cn1nccc1CCN1CC(C)(C)NCC1C1CC1. The van der Waals surface area contributed by atoms with Crippen molar-refractivity contribution in [2.45, 2.75) is 44.7 Å². The number of aromatic nitrogens is 2. The molecule has 2 heterocycles. The van der Waals surface area contributed by atoms with E-state index in [0.29, 0.717) is 0 Å². The molecule has 0 amide bonds. The molecule has 1 aliphatic carbocycles. The van der Waals surface area contributed by atoms with Gasteiger partial charge in [0.15, 0.2) is 0 Å². The van der Waals surface area contributed by atoms with Crippen LogP contribution in [0.5, 0.6) is 0 Å². The van der Waals surface area contributed by atoms with Crippen molar-refractivity contribution < 1.29 is 0 Å². The Morgan fingerprint density at radius 1 is 1.42 bits per heavy atom. The summed E-state index contributed by atoms with van der Waals surface area (Å²) < 4.78 is 2.00. The van der Waals surface area contributed by atoms with Crippen LogP contribution in [-0.4, -0.2) is 45.9 Å². The Kier molecular flexibility index (Phi) is 3.39. The summed E-state index contributed by atoms with van der Waals surface area (Å²) in [5, 5.41) is 7.97. The third kappa shape index (κ3) is 3.00. The molecule has 0 aromatic carbocycles. The van der Waals surface area contributed by atoms with E-state index >= 15 is 0 Å². The van der Waals surface area contributed by atoms with Crippen LogP contribution in [0.4, 0.5) is 0 Å². The summed E-state index contributed by atoms with van der Waals surface area (Å²) in [5.41, 5.74) is 1.59. The Morgan fingerprint density at radius 3 is 2.84 bits per heavy atom. The summed E-state index contributed by atoms with van der Waals surface area (Å²) in [5.74, 6) is 0.940. The standard InChI is InChI=1S/C15H26N4/c1-15(2)11-19(14(10-16-15)12-4-5-12)9-7-13-6-8-17-18(13)3/h6,8,12,14,16H,4-5,7,9-11H2,1-3H3. The number of hydrogen-bond acceptors (Lipinski definition) is 3. The van der Waals surface area contributed by atoms with Gasteiger partial charge in [-0.1, -0.05) is 0 Å². The van der Waals surface area contributed by atoms with E-state index in [9.17, 15) is 0 Å². The molecule has 106 valence electrons. The van der Waals surface area contributed by atoms with Gasteiger partial charge in [0.1, 0.15) is 0 Å². The van der Waals surface area contributed by atoms with Crippen LogP contribution < -0.4 is 5.32 Å². The molecule has 4 nitrogen and oxygen atoms in total. The van der Waals surface area contributed by atoms with Crippen molar-refractivity contribution in [2.75, 3.05) is 19.6 Å². The van der Waals surface area contributed by atoms with Crippen LogP contribution in [0.1, 0.15) is 32.4 Å². The minimum absolute atomic E-state index is 0.248. The number of nitrogens with zero attached hydrogens (tertiary/aromatic N) is 3. The van der Waals surface area contributed by atoms with Crippen molar-refractivity contribution in [2.24, 2.45) is 13.0 Å². The molecule has 0 radical (unpaired) electrons. The highest BCUT2D eigenvalue weighted by molar-refractivity contribution is 5.03. The molecule has 2 aliphatic rings. The van der Waals surface area contributed by atoms with Crippen molar-refractivity contribution in [3.8, 4) is 0 Å². The van der Waals surface area contributed by atoms with Crippen LogP contribution in [0.25, 0.3) is 0 Å². The van der Waals surface area contributed by atoms with Gasteiger partial charge in [0.2, 0.25) is 0 Å². The molecule has 3 rings (SSSR count). The lowest BCUT2D eigenvalue weighted by Gasteiger charge is -2.45. The van der Waals surface area contributed by atoms with Crippen molar-refractivity contribution in [3.63, 3.8) is 0 Å². The molecular formula is C15H26N4. The van der Waals surface area contributed by atoms with E-state index in [4.69, 9.17) is 0 Å². The number of piperazine rings is 1. The third-order valence-electron chi connectivity index (χ3n) is 4.60. The Hall–Kier alpha value is -0.870. The molecule has 1 aromatic heterocycles. The van der Waals surface area contributed by atoms with Gasteiger partial charge >= 0.3 is 0 Å². The first-order valence-corrected chi connectivity index (χ1v) is 7.51. The molecule has 0 spiro atoms. The Balaban J connectivity index is 1.63. The zero-order valence-electron chi connectivity index (χ0n) is 12.4. The maximum absolute atomic E-state index is 4.26. The highest BCUT2D eigenvalue weighted by Gasteiger charge is 2.40. The number of hydrogen-bond donors (Lipinski definition) is 1. The summed E-state index contributed by atoms with van der Waals surface area (Å²) >= 11 is 0. The minimum atomic E-state index is 0.248. The van der Waals surface area contributed by atoms with E-state index in [-0.39, 0.29) is 5.54 Å². The first-order valence-electron chi connectivity index (χ1n) is 7.51. The molecule has 1 atom stereocenters. The van der Waals surface area contributed by atoms with Gasteiger partial charge in [0.05, 0.1) is 0 Å². The summed E-state index contributed by atoms with van der Waals surface area (Å²) in [6.45, 7) is 8.10. The van der Waals surface area contributed by atoms with Crippen LogP contribution in [0.3, 0.4) is 0 Å². The second-order valence-electron chi connectivity index (χ2n) is 6.84. The fraction of sp³-hybridized carbons (Fsp3) is 0.800. The number of rotatable bonds is 4. The first-order chi connectivity index (χ1) is 9.05. The summed E-state index contributed by atoms with van der Waals surface area (Å²) in [6, 6.07) is 2.89. The van der Waals surface area contributed by atoms with E-state index < -0.39 is 0 Å². The van der Waals surface area contributed by atoms with Crippen LogP contribution >= 0.6 is 0 Å². The molecule has 1 N–H and O–H groups in total. The van der Waals surface area contributed by atoms with E-state index in [2.05, 4.69) is 35.2 Å². The van der Waals surface area contributed by atoms with Crippen LogP contribution in [0.2, 0.25) is 0 Å².